The Morgan fingerprint density at radius 3 is 2.43 bits per heavy atom. The van der Waals surface area contributed by atoms with E-state index in [2.05, 4.69) is 5.32 Å². The van der Waals surface area contributed by atoms with E-state index < -0.39 is 33.5 Å². The van der Waals surface area contributed by atoms with E-state index in [1.807, 2.05) is 0 Å². The van der Waals surface area contributed by atoms with Crippen molar-refractivity contribution < 1.29 is 35.5 Å². The average Bonchev–Trinajstić information content (AvgIpc) is 2.84. The Kier molecular flexibility index (Phi) is 7.50. The van der Waals surface area contributed by atoms with Crippen LogP contribution in [-0.4, -0.2) is 32.3 Å². The van der Waals surface area contributed by atoms with E-state index in [1.54, 1.807) is 18.2 Å². The van der Waals surface area contributed by atoms with E-state index in [0.717, 1.165) is 6.07 Å². The van der Waals surface area contributed by atoms with E-state index in [0.29, 0.717) is 29.0 Å². The molecule has 0 fully saturated rings. The Labute approximate surface area is 215 Å². The number of sulfonamides is 1. The lowest BCUT2D eigenvalue weighted by atomic mass is 9.98. The van der Waals surface area contributed by atoms with Crippen molar-refractivity contribution >= 4 is 33.2 Å². The number of carbonyl (C=O) groups excluding carboxylic acids is 1. The molecule has 37 heavy (non-hydrogen) atoms. The first kappa shape index (κ1) is 26.9. The van der Waals surface area contributed by atoms with Gasteiger partial charge in [0.15, 0.2) is 0 Å². The smallest absolute Gasteiger partial charge is 0.419 e. The number of nitrogens with one attached hydrogen (secondary N) is 1. The maximum absolute atomic E-state index is 13.9. The number of halogens is 5. The molecule has 0 bridgehead atoms. The summed E-state index contributed by atoms with van der Waals surface area (Å²) in [6.45, 7) is 0.183. The van der Waals surface area contributed by atoms with Crippen molar-refractivity contribution in [2.45, 2.75) is 30.5 Å². The highest BCUT2D eigenvalue weighted by atomic mass is 35.5. The monoisotopic (exact) mass is 556 g/mol. The predicted molar refractivity (Wildman–Crippen MR) is 129 cm³/mol. The van der Waals surface area contributed by atoms with Crippen LogP contribution < -0.4 is 10.1 Å². The van der Waals surface area contributed by atoms with Crippen LogP contribution in [-0.2, 0) is 40.4 Å². The Morgan fingerprint density at radius 2 is 1.81 bits per heavy atom. The molecule has 0 aromatic heterocycles. The third kappa shape index (κ3) is 5.73. The van der Waals surface area contributed by atoms with Crippen LogP contribution in [0.1, 0.15) is 22.3 Å². The number of nitrogens with zero attached hydrogens (tertiary/aromatic N) is 1. The molecule has 196 valence electrons. The summed E-state index contributed by atoms with van der Waals surface area (Å²) in [6, 6.07) is 11.5. The summed E-state index contributed by atoms with van der Waals surface area (Å²) in [5.74, 6) is -1.55. The Morgan fingerprint density at radius 1 is 1.11 bits per heavy atom. The van der Waals surface area contributed by atoms with Crippen LogP contribution in [0.4, 0.5) is 23.2 Å². The fourth-order valence-corrected chi connectivity index (χ4v) is 5.75. The summed E-state index contributed by atoms with van der Waals surface area (Å²) >= 11 is 6.31. The number of rotatable bonds is 6. The molecule has 0 spiro atoms. The third-order valence-corrected chi connectivity index (χ3v) is 8.16. The predicted octanol–water partition coefficient (Wildman–Crippen LogP) is 5.43. The van der Waals surface area contributed by atoms with E-state index in [4.69, 9.17) is 16.3 Å². The summed E-state index contributed by atoms with van der Waals surface area (Å²) in [6.07, 6.45) is -4.96. The van der Waals surface area contributed by atoms with Crippen LogP contribution in [0.5, 0.6) is 5.75 Å². The number of alkyl halides is 3. The zero-order valence-electron chi connectivity index (χ0n) is 19.4. The van der Waals surface area contributed by atoms with E-state index in [-0.39, 0.29) is 47.1 Å². The number of benzene rings is 3. The summed E-state index contributed by atoms with van der Waals surface area (Å²) in [4.78, 5) is 12.8. The van der Waals surface area contributed by atoms with Gasteiger partial charge in [-0.1, -0.05) is 23.7 Å². The van der Waals surface area contributed by atoms with Crippen molar-refractivity contribution in [2.75, 3.05) is 19.0 Å². The summed E-state index contributed by atoms with van der Waals surface area (Å²) in [5, 5.41) is 2.87. The lowest BCUT2D eigenvalue weighted by molar-refractivity contribution is -0.140. The molecule has 6 nitrogen and oxygen atoms in total. The van der Waals surface area contributed by atoms with Gasteiger partial charge in [0.05, 0.1) is 34.7 Å². The highest BCUT2D eigenvalue weighted by Gasteiger charge is 2.34. The molecule has 0 saturated carbocycles. The second-order valence-corrected chi connectivity index (χ2v) is 10.7. The lowest BCUT2D eigenvalue weighted by Gasteiger charge is -2.30. The van der Waals surface area contributed by atoms with Gasteiger partial charge in [-0.25, -0.2) is 12.8 Å². The molecule has 1 N–H and O–H groups in total. The first-order chi connectivity index (χ1) is 17.4. The van der Waals surface area contributed by atoms with Gasteiger partial charge in [0, 0.05) is 13.1 Å². The van der Waals surface area contributed by atoms with Crippen molar-refractivity contribution in [3.05, 3.63) is 87.7 Å². The van der Waals surface area contributed by atoms with E-state index in [1.165, 1.54) is 29.6 Å². The first-order valence-electron chi connectivity index (χ1n) is 11.0. The van der Waals surface area contributed by atoms with Crippen molar-refractivity contribution in [3.8, 4) is 5.75 Å². The topological polar surface area (TPSA) is 75.7 Å². The zero-order valence-corrected chi connectivity index (χ0v) is 21.0. The molecule has 0 aliphatic carbocycles. The molecule has 1 aliphatic rings. The zero-order chi connectivity index (χ0) is 27.0. The average molecular weight is 557 g/mol. The van der Waals surface area contributed by atoms with Gasteiger partial charge in [-0.3, -0.25) is 4.79 Å². The first-order valence-corrected chi connectivity index (χ1v) is 12.8. The standard InChI is InChI=1S/C25H21ClF4N2O4S/c1-36-17-4-6-18(7-5-17)37(34,35)32-11-10-19-16(14-32)3-9-21(26)24(19)31-23(33)13-15-2-8-20(22(27)12-15)25(28,29)30/h2-9,12H,10-11,13-14H2,1H3,(H,31,33). The molecular weight excluding hydrogens is 536 g/mol. The molecule has 1 aliphatic heterocycles. The van der Waals surface area contributed by atoms with Crippen molar-refractivity contribution in [1.82, 2.24) is 4.31 Å². The van der Waals surface area contributed by atoms with E-state index in [9.17, 15) is 30.8 Å². The van der Waals surface area contributed by atoms with Crippen LogP contribution in [0.25, 0.3) is 0 Å². The molecule has 0 radical (unpaired) electrons. The number of fused-ring (bicyclic) bond motifs is 1. The minimum absolute atomic E-state index is 0.0495. The van der Waals surface area contributed by atoms with Gasteiger partial charge in [0.1, 0.15) is 11.6 Å². The maximum Gasteiger partial charge on any atom is 0.419 e. The number of ether oxygens (including phenoxy) is 1. The van der Waals surface area contributed by atoms with Gasteiger partial charge in [-0.2, -0.15) is 17.5 Å². The van der Waals surface area contributed by atoms with Gasteiger partial charge in [0.2, 0.25) is 15.9 Å². The molecule has 3 aromatic carbocycles. The van der Waals surface area contributed by atoms with E-state index >= 15 is 0 Å². The highest BCUT2D eigenvalue weighted by molar-refractivity contribution is 7.89. The molecule has 0 saturated heterocycles. The number of hydrogen-bond donors (Lipinski definition) is 1. The highest BCUT2D eigenvalue weighted by Crippen LogP contribution is 2.35. The molecule has 1 amide bonds. The normalized spacial score (nSPS) is 14.2. The summed E-state index contributed by atoms with van der Waals surface area (Å²) in [7, 11) is -2.31. The molecular formula is C25H21ClF4N2O4S. The molecule has 3 aromatic rings. The fourth-order valence-electron chi connectivity index (χ4n) is 4.11. The number of hydrogen-bond acceptors (Lipinski definition) is 4. The number of methoxy groups -OCH3 is 1. The Hall–Kier alpha value is -3.15. The second kappa shape index (κ2) is 10.3. The minimum Gasteiger partial charge on any atom is -0.497 e. The second-order valence-electron chi connectivity index (χ2n) is 8.36. The largest absolute Gasteiger partial charge is 0.497 e. The molecule has 12 heteroatoms. The van der Waals surface area contributed by atoms with Crippen LogP contribution in [0, 0.1) is 5.82 Å². The minimum atomic E-state index is -4.84. The molecule has 0 atom stereocenters. The van der Waals surface area contributed by atoms with Crippen LogP contribution >= 0.6 is 11.6 Å². The number of amides is 1. The van der Waals surface area contributed by atoms with Crippen LogP contribution in [0.15, 0.2) is 59.5 Å². The summed E-state index contributed by atoms with van der Waals surface area (Å²) < 4.78 is 84.9. The molecule has 1 heterocycles. The van der Waals surface area contributed by atoms with Gasteiger partial charge in [0.25, 0.3) is 0 Å². The number of anilines is 1. The van der Waals surface area contributed by atoms with Crippen LogP contribution in [0.3, 0.4) is 0 Å². The Bertz CT molecular complexity index is 1440. The number of carbonyl (C=O) groups is 1. The maximum atomic E-state index is 13.9. The summed E-state index contributed by atoms with van der Waals surface area (Å²) in [5.41, 5.74) is 0.231. The molecule has 4 rings (SSSR count). The Balaban J connectivity index is 1.51. The third-order valence-electron chi connectivity index (χ3n) is 5.98. The van der Waals surface area contributed by atoms with Gasteiger partial charge in [-0.15, -0.1) is 0 Å². The quantitative estimate of drug-likeness (QED) is 0.411. The molecule has 0 unspecified atom stereocenters. The van der Waals surface area contributed by atoms with Gasteiger partial charge < -0.3 is 10.1 Å². The van der Waals surface area contributed by atoms with Crippen molar-refractivity contribution in [3.63, 3.8) is 0 Å². The fraction of sp³-hybridized carbons (Fsp3) is 0.240. The van der Waals surface area contributed by atoms with Crippen molar-refractivity contribution in [1.29, 1.82) is 0 Å². The lowest BCUT2D eigenvalue weighted by Crippen LogP contribution is -2.36. The van der Waals surface area contributed by atoms with Gasteiger partial charge >= 0.3 is 6.18 Å². The van der Waals surface area contributed by atoms with Gasteiger partial charge in [-0.05, 0) is 65.6 Å². The SMILES string of the molecule is COc1ccc(S(=O)(=O)N2CCc3c(ccc(Cl)c3NC(=O)Cc3ccc(C(F)(F)F)c(F)c3)C2)cc1. The van der Waals surface area contributed by atoms with Crippen LogP contribution in [0.2, 0.25) is 5.02 Å². The van der Waals surface area contributed by atoms with Crippen molar-refractivity contribution in [2.24, 2.45) is 0 Å².